The van der Waals surface area contributed by atoms with Gasteiger partial charge >= 0.3 is 0 Å². The van der Waals surface area contributed by atoms with Crippen LogP contribution in [0.2, 0.25) is 0 Å². The first-order chi connectivity index (χ1) is 9.26. The number of rotatable bonds is 1. The summed E-state index contributed by atoms with van der Waals surface area (Å²) in [6.07, 6.45) is 2.89. The molecule has 0 aliphatic carbocycles. The van der Waals surface area contributed by atoms with Gasteiger partial charge in [0.05, 0.1) is 10.2 Å². The largest absolute Gasteiger partial charge is 0.272 e. The summed E-state index contributed by atoms with van der Waals surface area (Å²) in [5, 5.41) is 20.1. The van der Waals surface area contributed by atoms with Crippen LogP contribution in [0.3, 0.4) is 0 Å². The molecule has 3 rings (SSSR count). The second-order valence-electron chi connectivity index (χ2n) is 3.83. The first kappa shape index (κ1) is 11.3. The molecule has 0 radical (unpaired) electrons. The van der Waals surface area contributed by atoms with E-state index >= 15 is 0 Å². The van der Waals surface area contributed by atoms with Crippen LogP contribution < -0.4 is 0 Å². The predicted molar refractivity (Wildman–Crippen MR) is 68.7 cm³/mol. The third-order valence-electron chi connectivity index (χ3n) is 2.72. The van der Waals surface area contributed by atoms with Crippen LogP contribution in [0, 0.1) is 29.6 Å². The van der Waals surface area contributed by atoms with Crippen LogP contribution in [0.25, 0.3) is 16.0 Å². The molecule has 0 N–H and O–H groups in total. The summed E-state index contributed by atoms with van der Waals surface area (Å²) >= 11 is 1.51. The number of nitrogens with zero attached hydrogens (tertiary/aromatic N) is 6. The summed E-state index contributed by atoms with van der Waals surface area (Å²) in [5.41, 5.74) is 2.20. The molecular formula is C12H6N6S. The summed E-state index contributed by atoms with van der Waals surface area (Å²) in [4.78, 5) is 12.4. The number of aromatic nitrogens is 4. The number of fused-ring (bicyclic) bond motifs is 1. The highest BCUT2D eigenvalue weighted by Crippen LogP contribution is 2.28. The van der Waals surface area contributed by atoms with E-state index in [1.807, 2.05) is 24.4 Å². The van der Waals surface area contributed by atoms with Crippen molar-refractivity contribution in [2.45, 2.75) is 6.92 Å². The number of nitriles is 2. The normalized spacial score (nSPS) is 10.3. The SMILES string of the molecule is Cc1csc2c(-n3cnc(C#N)c3C#N)ncnc12. The fourth-order valence-corrected chi connectivity index (χ4v) is 2.81. The van der Waals surface area contributed by atoms with Crippen molar-refractivity contribution in [3.8, 4) is 18.0 Å². The lowest BCUT2D eigenvalue weighted by Crippen LogP contribution is -2.00. The molecule has 0 fully saturated rings. The van der Waals surface area contributed by atoms with Gasteiger partial charge in [0, 0.05) is 0 Å². The Hall–Kier alpha value is -2.77. The average molecular weight is 266 g/mol. The molecule has 3 heterocycles. The fraction of sp³-hybridized carbons (Fsp3) is 0.0833. The van der Waals surface area contributed by atoms with Gasteiger partial charge in [-0.25, -0.2) is 15.0 Å². The Morgan fingerprint density at radius 1 is 1.21 bits per heavy atom. The Morgan fingerprint density at radius 2 is 2.05 bits per heavy atom. The summed E-state index contributed by atoms with van der Waals surface area (Å²) in [6.45, 7) is 1.97. The molecule has 0 spiro atoms. The van der Waals surface area contributed by atoms with Crippen LogP contribution in [0.5, 0.6) is 0 Å². The molecule has 0 bridgehead atoms. The smallest absolute Gasteiger partial charge is 0.177 e. The quantitative estimate of drug-likeness (QED) is 0.671. The summed E-state index contributed by atoms with van der Waals surface area (Å²) in [5.74, 6) is 0.577. The lowest BCUT2D eigenvalue weighted by atomic mass is 10.3. The van der Waals surface area contributed by atoms with Gasteiger partial charge in [0.25, 0.3) is 0 Å². The lowest BCUT2D eigenvalue weighted by Gasteiger charge is -2.03. The van der Waals surface area contributed by atoms with E-state index in [0.29, 0.717) is 5.82 Å². The van der Waals surface area contributed by atoms with Crippen LogP contribution >= 0.6 is 11.3 Å². The summed E-state index contributed by atoms with van der Waals surface area (Å²) in [6, 6.07) is 3.88. The molecule has 0 saturated heterocycles. The molecule has 7 heteroatoms. The zero-order valence-corrected chi connectivity index (χ0v) is 10.6. The molecule has 0 aliphatic heterocycles. The van der Waals surface area contributed by atoms with Crippen LogP contribution in [0.15, 0.2) is 18.0 Å². The monoisotopic (exact) mass is 266 g/mol. The maximum atomic E-state index is 9.16. The highest BCUT2D eigenvalue weighted by Gasteiger charge is 2.16. The first-order valence-corrected chi connectivity index (χ1v) is 6.21. The first-order valence-electron chi connectivity index (χ1n) is 5.33. The van der Waals surface area contributed by atoms with Crippen LogP contribution in [0.1, 0.15) is 17.0 Å². The molecule has 90 valence electrons. The van der Waals surface area contributed by atoms with Gasteiger partial charge in [0.15, 0.2) is 17.2 Å². The molecule has 0 amide bonds. The Labute approximate surface area is 112 Å². The minimum Gasteiger partial charge on any atom is -0.272 e. The van der Waals surface area contributed by atoms with E-state index in [1.165, 1.54) is 28.6 Å². The van der Waals surface area contributed by atoms with E-state index in [1.54, 1.807) is 0 Å². The van der Waals surface area contributed by atoms with Crippen molar-refractivity contribution in [1.82, 2.24) is 19.5 Å². The van der Waals surface area contributed by atoms with E-state index in [9.17, 15) is 0 Å². The molecule has 0 saturated carbocycles. The highest BCUT2D eigenvalue weighted by molar-refractivity contribution is 7.17. The van der Waals surface area contributed by atoms with Crippen molar-refractivity contribution in [2.75, 3.05) is 0 Å². The summed E-state index contributed by atoms with van der Waals surface area (Å²) < 4.78 is 2.40. The van der Waals surface area contributed by atoms with Crippen molar-refractivity contribution in [3.05, 3.63) is 35.0 Å². The lowest BCUT2D eigenvalue weighted by molar-refractivity contribution is 0.979. The molecule has 0 atom stereocenters. The van der Waals surface area contributed by atoms with Gasteiger partial charge in [-0.3, -0.25) is 4.57 Å². The standard InChI is InChI=1S/C12H6N6S/c1-7-4-19-11-10(7)15-5-16-12(11)18-6-17-8(2-13)9(18)3-14/h4-6H,1H3. The van der Waals surface area contributed by atoms with E-state index in [4.69, 9.17) is 10.5 Å². The van der Waals surface area contributed by atoms with Gasteiger partial charge in [-0.15, -0.1) is 11.3 Å². The van der Waals surface area contributed by atoms with Gasteiger partial charge in [-0.1, -0.05) is 0 Å². The number of aryl methyl sites for hydroxylation is 1. The molecule has 3 aromatic rings. The maximum Gasteiger partial charge on any atom is 0.177 e. The Kier molecular flexibility index (Phi) is 2.48. The Morgan fingerprint density at radius 3 is 2.79 bits per heavy atom. The zero-order chi connectivity index (χ0) is 13.4. The van der Waals surface area contributed by atoms with E-state index < -0.39 is 0 Å². The second kappa shape index (κ2) is 4.16. The van der Waals surface area contributed by atoms with Gasteiger partial charge in [-0.2, -0.15) is 10.5 Å². The predicted octanol–water partition coefficient (Wildman–Crippen LogP) is 1.93. The van der Waals surface area contributed by atoms with Crippen molar-refractivity contribution in [3.63, 3.8) is 0 Å². The van der Waals surface area contributed by atoms with E-state index in [0.717, 1.165) is 15.8 Å². The van der Waals surface area contributed by atoms with Crippen molar-refractivity contribution in [2.24, 2.45) is 0 Å². The molecule has 19 heavy (non-hydrogen) atoms. The minimum absolute atomic E-state index is 0.0996. The van der Waals surface area contributed by atoms with Crippen molar-refractivity contribution >= 4 is 21.6 Å². The molecule has 0 aromatic carbocycles. The summed E-state index contributed by atoms with van der Waals surface area (Å²) in [7, 11) is 0. The Bertz CT molecular complexity index is 861. The highest BCUT2D eigenvalue weighted by atomic mass is 32.1. The number of thiophene rings is 1. The van der Waals surface area contributed by atoms with Gasteiger partial charge in [0.2, 0.25) is 0 Å². The van der Waals surface area contributed by atoms with Crippen LogP contribution in [-0.2, 0) is 0 Å². The maximum absolute atomic E-state index is 9.16. The molecule has 3 aromatic heterocycles. The third-order valence-corrected chi connectivity index (χ3v) is 3.80. The fourth-order valence-electron chi connectivity index (χ4n) is 1.83. The van der Waals surface area contributed by atoms with E-state index in [-0.39, 0.29) is 11.4 Å². The van der Waals surface area contributed by atoms with Gasteiger partial charge in [-0.05, 0) is 17.9 Å². The third kappa shape index (κ3) is 1.57. The zero-order valence-electron chi connectivity index (χ0n) is 9.82. The second-order valence-corrected chi connectivity index (χ2v) is 4.71. The molecular weight excluding hydrogens is 260 g/mol. The minimum atomic E-state index is 0.0996. The number of hydrogen-bond donors (Lipinski definition) is 0. The molecule has 0 aliphatic rings. The van der Waals surface area contributed by atoms with Crippen LogP contribution in [0.4, 0.5) is 0 Å². The molecule has 6 nitrogen and oxygen atoms in total. The topological polar surface area (TPSA) is 91.2 Å². The number of imidazole rings is 1. The van der Waals surface area contributed by atoms with Crippen molar-refractivity contribution < 1.29 is 0 Å². The van der Waals surface area contributed by atoms with Crippen molar-refractivity contribution in [1.29, 1.82) is 10.5 Å². The number of hydrogen-bond acceptors (Lipinski definition) is 6. The van der Waals surface area contributed by atoms with E-state index in [2.05, 4.69) is 15.0 Å². The molecule has 0 unspecified atom stereocenters. The van der Waals surface area contributed by atoms with Gasteiger partial charge in [0.1, 0.15) is 24.8 Å². The van der Waals surface area contributed by atoms with Gasteiger partial charge < -0.3 is 0 Å². The Balaban J connectivity index is 2.35. The average Bonchev–Trinajstić information content (AvgIpc) is 3.02. The van der Waals surface area contributed by atoms with Crippen LogP contribution in [-0.4, -0.2) is 19.5 Å².